The van der Waals surface area contributed by atoms with Crippen molar-refractivity contribution in [2.45, 2.75) is 78.6 Å². The molecule has 0 amide bonds. The van der Waals surface area contributed by atoms with Gasteiger partial charge in [-0.15, -0.1) is 0 Å². The number of hydrogen-bond acceptors (Lipinski definition) is 0. The summed E-state index contributed by atoms with van der Waals surface area (Å²) < 4.78 is 27.6. The Hall–Kier alpha value is -0.920. The van der Waals surface area contributed by atoms with Crippen LogP contribution in [0.15, 0.2) is 12.1 Å². The SMILES string of the molecule is CCCC(CCCc1ccc(C)c(F)c1F)C1CCC(C)CC1. The van der Waals surface area contributed by atoms with Crippen LogP contribution in [-0.4, -0.2) is 0 Å². The van der Waals surface area contributed by atoms with Gasteiger partial charge in [-0.3, -0.25) is 0 Å². The van der Waals surface area contributed by atoms with E-state index in [-0.39, 0.29) is 0 Å². The molecule has 1 aromatic rings. The Morgan fingerprint density at radius 1 is 1.04 bits per heavy atom. The minimum atomic E-state index is -0.672. The van der Waals surface area contributed by atoms with Crippen molar-refractivity contribution in [1.29, 1.82) is 0 Å². The largest absolute Gasteiger partial charge is 0.203 e. The van der Waals surface area contributed by atoms with Gasteiger partial charge in [-0.2, -0.15) is 0 Å². The Morgan fingerprint density at radius 2 is 1.74 bits per heavy atom. The summed E-state index contributed by atoms with van der Waals surface area (Å²) in [5, 5.41) is 0. The molecule has 0 heterocycles. The molecule has 1 saturated carbocycles. The molecule has 0 bridgehead atoms. The minimum absolute atomic E-state index is 0.395. The van der Waals surface area contributed by atoms with Gasteiger partial charge in [-0.05, 0) is 67.9 Å². The zero-order valence-corrected chi connectivity index (χ0v) is 15.0. The lowest BCUT2D eigenvalue weighted by molar-refractivity contribution is 0.191. The van der Waals surface area contributed by atoms with Crippen LogP contribution in [0.25, 0.3) is 0 Å². The molecular formula is C21H32F2. The monoisotopic (exact) mass is 322 g/mol. The third kappa shape index (κ3) is 5.02. The van der Waals surface area contributed by atoms with Gasteiger partial charge in [-0.1, -0.05) is 51.7 Å². The van der Waals surface area contributed by atoms with Crippen molar-refractivity contribution in [3.05, 3.63) is 34.9 Å². The van der Waals surface area contributed by atoms with Gasteiger partial charge in [0.25, 0.3) is 0 Å². The van der Waals surface area contributed by atoms with E-state index in [1.807, 2.05) is 0 Å². The van der Waals surface area contributed by atoms with Crippen molar-refractivity contribution in [2.24, 2.45) is 17.8 Å². The van der Waals surface area contributed by atoms with Gasteiger partial charge in [0.2, 0.25) is 0 Å². The highest BCUT2D eigenvalue weighted by molar-refractivity contribution is 5.25. The molecule has 0 nitrogen and oxygen atoms in total. The quantitative estimate of drug-likeness (QED) is 0.515. The Balaban J connectivity index is 1.88. The molecule has 2 heteroatoms. The van der Waals surface area contributed by atoms with Crippen molar-refractivity contribution in [1.82, 2.24) is 0 Å². The van der Waals surface area contributed by atoms with E-state index < -0.39 is 11.6 Å². The van der Waals surface area contributed by atoms with Gasteiger partial charge in [-0.25, -0.2) is 8.78 Å². The molecule has 0 aromatic heterocycles. The van der Waals surface area contributed by atoms with Crippen molar-refractivity contribution in [2.75, 3.05) is 0 Å². The number of rotatable bonds is 7. The lowest BCUT2D eigenvalue weighted by atomic mass is 9.73. The third-order valence-corrected chi connectivity index (χ3v) is 5.76. The average Bonchev–Trinajstić information content (AvgIpc) is 2.55. The summed E-state index contributed by atoms with van der Waals surface area (Å²) >= 11 is 0. The van der Waals surface area contributed by atoms with Crippen molar-refractivity contribution < 1.29 is 8.78 Å². The van der Waals surface area contributed by atoms with E-state index in [9.17, 15) is 8.78 Å². The zero-order chi connectivity index (χ0) is 16.8. The van der Waals surface area contributed by atoms with E-state index in [4.69, 9.17) is 0 Å². The highest BCUT2D eigenvalue weighted by Crippen LogP contribution is 2.37. The molecule has 0 spiro atoms. The van der Waals surface area contributed by atoms with Crippen molar-refractivity contribution >= 4 is 0 Å². The fourth-order valence-electron chi connectivity index (χ4n) is 4.18. The lowest BCUT2D eigenvalue weighted by Gasteiger charge is -2.33. The first-order chi connectivity index (χ1) is 11.0. The summed E-state index contributed by atoms with van der Waals surface area (Å²) in [7, 11) is 0. The molecule has 1 aliphatic rings. The van der Waals surface area contributed by atoms with Crippen LogP contribution in [0.1, 0.15) is 76.3 Å². The Bertz CT molecular complexity index is 487. The molecule has 0 saturated heterocycles. The van der Waals surface area contributed by atoms with Crippen LogP contribution in [-0.2, 0) is 6.42 Å². The van der Waals surface area contributed by atoms with Gasteiger partial charge in [0, 0.05) is 0 Å². The van der Waals surface area contributed by atoms with Gasteiger partial charge in [0.15, 0.2) is 11.6 Å². The predicted molar refractivity (Wildman–Crippen MR) is 93.6 cm³/mol. The zero-order valence-electron chi connectivity index (χ0n) is 15.0. The van der Waals surface area contributed by atoms with Crippen LogP contribution in [0.5, 0.6) is 0 Å². The number of halogens is 2. The minimum Gasteiger partial charge on any atom is -0.203 e. The topological polar surface area (TPSA) is 0 Å². The summed E-state index contributed by atoms with van der Waals surface area (Å²) in [6, 6.07) is 3.45. The molecule has 0 radical (unpaired) electrons. The molecule has 1 aliphatic carbocycles. The molecule has 23 heavy (non-hydrogen) atoms. The molecule has 0 aliphatic heterocycles. The maximum atomic E-state index is 14.0. The van der Waals surface area contributed by atoms with E-state index in [1.165, 1.54) is 38.5 Å². The van der Waals surface area contributed by atoms with Crippen LogP contribution < -0.4 is 0 Å². The van der Waals surface area contributed by atoms with Crippen LogP contribution in [0.2, 0.25) is 0 Å². The standard InChI is InChI=1S/C21H32F2/c1-4-6-17(18-12-9-15(2)10-13-18)7-5-8-19-14-11-16(3)20(22)21(19)23/h11,14-15,17-18H,4-10,12-13H2,1-3H3. The molecule has 1 fully saturated rings. The number of hydrogen-bond donors (Lipinski definition) is 0. The highest BCUT2D eigenvalue weighted by atomic mass is 19.2. The van der Waals surface area contributed by atoms with E-state index in [2.05, 4.69) is 13.8 Å². The van der Waals surface area contributed by atoms with E-state index in [1.54, 1.807) is 19.1 Å². The second-order valence-corrected chi connectivity index (χ2v) is 7.63. The predicted octanol–water partition coefficient (Wildman–Crippen LogP) is 6.84. The van der Waals surface area contributed by atoms with E-state index in [0.29, 0.717) is 17.5 Å². The normalized spacial score (nSPS) is 23.0. The second-order valence-electron chi connectivity index (χ2n) is 7.63. The van der Waals surface area contributed by atoms with Crippen LogP contribution in [0, 0.1) is 36.3 Å². The van der Waals surface area contributed by atoms with Crippen LogP contribution in [0.4, 0.5) is 8.78 Å². The fourth-order valence-corrected chi connectivity index (χ4v) is 4.18. The molecule has 2 rings (SSSR count). The fraction of sp³-hybridized carbons (Fsp3) is 0.714. The first-order valence-corrected chi connectivity index (χ1v) is 9.46. The maximum absolute atomic E-state index is 14.0. The summed E-state index contributed by atoms with van der Waals surface area (Å²) in [5.74, 6) is 1.20. The number of benzene rings is 1. The van der Waals surface area contributed by atoms with Gasteiger partial charge >= 0.3 is 0 Å². The second kappa shape index (κ2) is 8.80. The van der Waals surface area contributed by atoms with E-state index in [0.717, 1.165) is 30.6 Å². The Morgan fingerprint density at radius 3 is 2.39 bits per heavy atom. The van der Waals surface area contributed by atoms with Crippen LogP contribution >= 0.6 is 0 Å². The molecule has 0 N–H and O–H groups in total. The average molecular weight is 322 g/mol. The number of aryl methyl sites for hydroxylation is 2. The Labute approximate surface area is 140 Å². The molecular weight excluding hydrogens is 290 g/mol. The maximum Gasteiger partial charge on any atom is 0.162 e. The summed E-state index contributed by atoms with van der Waals surface area (Å²) in [4.78, 5) is 0. The Kier molecular flexibility index (Phi) is 7.05. The van der Waals surface area contributed by atoms with Gasteiger partial charge in [0.05, 0.1) is 0 Å². The van der Waals surface area contributed by atoms with Gasteiger partial charge in [0.1, 0.15) is 0 Å². The molecule has 130 valence electrons. The van der Waals surface area contributed by atoms with Crippen molar-refractivity contribution in [3.63, 3.8) is 0 Å². The van der Waals surface area contributed by atoms with Crippen molar-refractivity contribution in [3.8, 4) is 0 Å². The van der Waals surface area contributed by atoms with Crippen LogP contribution in [0.3, 0.4) is 0 Å². The first kappa shape index (κ1) is 18.4. The molecule has 1 unspecified atom stereocenters. The summed E-state index contributed by atoms with van der Waals surface area (Å²) in [6.45, 7) is 6.23. The lowest BCUT2D eigenvalue weighted by Crippen LogP contribution is -2.21. The highest BCUT2D eigenvalue weighted by Gasteiger charge is 2.25. The smallest absolute Gasteiger partial charge is 0.162 e. The van der Waals surface area contributed by atoms with Gasteiger partial charge < -0.3 is 0 Å². The molecule has 1 atom stereocenters. The third-order valence-electron chi connectivity index (χ3n) is 5.76. The summed E-state index contributed by atoms with van der Waals surface area (Å²) in [5.41, 5.74) is 0.937. The molecule has 1 aromatic carbocycles. The van der Waals surface area contributed by atoms with E-state index >= 15 is 0 Å². The first-order valence-electron chi connectivity index (χ1n) is 9.46. The summed E-state index contributed by atoms with van der Waals surface area (Å²) in [6.07, 6.45) is 10.7.